The quantitative estimate of drug-likeness (QED) is 0.508. The van der Waals surface area contributed by atoms with E-state index in [0.29, 0.717) is 18.5 Å². The van der Waals surface area contributed by atoms with Crippen molar-refractivity contribution in [3.63, 3.8) is 0 Å². The molecule has 2 atom stereocenters. The van der Waals surface area contributed by atoms with Crippen LogP contribution in [0.25, 0.3) is 10.9 Å². The fourth-order valence-electron chi connectivity index (χ4n) is 5.29. The molecule has 3 heterocycles. The summed E-state index contributed by atoms with van der Waals surface area (Å²) in [5.41, 5.74) is 5.63. The van der Waals surface area contributed by atoms with Crippen molar-refractivity contribution in [2.24, 2.45) is 0 Å². The number of amides is 2. The Bertz CT molecular complexity index is 1410. The zero-order chi connectivity index (χ0) is 22.5. The number of hydrogen-bond acceptors (Lipinski definition) is 3. The number of benzene rings is 3. The lowest BCUT2D eigenvalue weighted by atomic mass is 9.90. The number of carbonyl (C=O) groups excluding carboxylic acids is 2. The Hall–Kier alpha value is -4.06. The van der Waals surface area contributed by atoms with Crippen molar-refractivity contribution in [2.45, 2.75) is 25.0 Å². The van der Waals surface area contributed by atoms with Gasteiger partial charge in [-0.25, -0.2) is 0 Å². The van der Waals surface area contributed by atoms with E-state index < -0.39 is 6.04 Å². The SMILES string of the molecule is COc1ccccc1CNC(=O)C1Cc2c([nH]c3ccccc23)C2c3ccccc3C(=O)N12. The van der Waals surface area contributed by atoms with Gasteiger partial charge in [0, 0.05) is 40.7 Å². The summed E-state index contributed by atoms with van der Waals surface area (Å²) in [6.07, 6.45) is 0.466. The lowest BCUT2D eigenvalue weighted by Gasteiger charge is -2.37. The van der Waals surface area contributed by atoms with Crippen LogP contribution in [-0.2, 0) is 17.8 Å². The number of aromatic amines is 1. The standard InChI is InChI=1S/C27H23N3O3/c1-33-23-13-7-2-8-16(23)15-28-26(31)22-14-20-17-9-5-6-12-21(17)29-24(20)25-18-10-3-4-11-19(18)27(32)30(22)25/h2-13,22,25,29H,14-15H2,1H3,(H,28,31). The lowest BCUT2D eigenvalue weighted by molar-refractivity contribution is -0.126. The maximum atomic E-state index is 13.5. The molecule has 2 aliphatic heterocycles. The van der Waals surface area contributed by atoms with Gasteiger partial charge in [0.2, 0.25) is 5.91 Å². The first-order chi connectivity index (χ1) is 16.2. The number of carbonyl (C=O) groups is 2. The fraction of sp³-hybridized carbons (Fsp3) is 0.185. The minimum Gasteiger partial charge on any atom is -0.496 e. The third-order valence-corrected chi connectivity index (χ3v) is 6.80. The first kappa shape index (κ1) is 19.6. The van der Waals surface area contributed by atoms with Crippen LogP contribution in [0.3, 0.4) is 0 Å². The topological polar surface area (TPSA) is 74.4 Å². The number of hydrogen-bond donors (Lipinski definition) is 2. The monoisotopic (exact) mass is 437 g/mol. The van der Waals surface area contributed by atoms with E-state index in [1.807, 2.05) is 66.7 Å². The van der Waals surface area contributed by atoms with E-state index in [9.17, 15) is 9.59 Å². The van der Waals surface area contributed by atoms with Crippen molar-refractivity contribution < 1.29 is 14.3 Å². The Morgan fingerprint density at radius 2 is 1.82 bits per heavy atom. The summed E-state index contributed by atoms with van der Waals surface area (Å²) in [5.74, 6) is 0.461. The summed E-state index contributed by atoms with van der Waals surface area (Å²) in [4.78, 5) is 32.3. The molecule has 3 aromatic carbocycles. The maximum absolute atomic E-state index is 13.5. The lowest BCUT2D eigenvalue weighted by Crippen LogP contribution is -2.52. The van der Waals surface area contributed by atoms with Crippen molar-refractivity contribution in [1.82, 2.24) is 15.2 Å². The smallest absolute Gasteiger partial charge is 0.255 e. The van der Waals surface area contributed by atoms with Crippen LogP contribution in [0.5, 0.6) is 5.75 Å². The van der Waals surface area contributed by atoms with Gasteiger partial charge in [0.15, 0.2) is 0 Å². The van der Waals surface area contributed by atoms with Gasteiger partial charge in [0.1, 0.15) is 11.8 Å². The number of methoxy groups -OCH3 is 1. The number of H-pyrrole nitrogens is 1. The molecule has 0 radical (unpaired) electrons. The minimum absolute atomic E-state index is 0.0997. The Balaban J connectivity index is 1.40. The van der Waals surface area contributed by atoms with Crippen LogP contribution in [0.4, 0.5) is 0 Å². The van der Waals surface area contributed by atoms with Crippen LogP contribution in [0.1, 0.15) is 38.8 Å². The summed E-state index contributed by atoms with van der Waals surface area (Å²) >= 11 is 0. The molecule has 6 heteroatoms. The number of nitrogens with one attached hydrogen (secondary N) is 2. The van der Waals surface area contributed by atoms with Crippen LogP contribution in [0.15, 0.2) is 72.8 Å². The van der Waals surface area contributed by atoms with Gasteiger partial charge in [-0.05, 0) is 29.3 Å². The highest BCUT2D eigenvalue weighted by Crippen LogP contribution is 2.46. The Morgan fingerprint density at radius 3 is 2.70 bits per heavy atom. The Labute approximate surface area is 191 Å². The van der Waals surface area contributed by atoms with Crippen molar-refractivity contribution in [1.29, 1.82) is 0 Å². The molecule has 1 aromatic heterocycles. The molecule has 0 saturated heterocycles. The van der Waals surface area contributed by atoms with Crippen molar-refractivity contribution >= 4 is 22.7 Å². The molecule has 0 spiro atoms. The maximum Gasteiger partial charge on any atom is 0.255 e. The molecular weight excluding hydrogens is 414 g/mol. The van der Waals surface area contributed by atoms with Crippen LogP contribution in [-0.4, -0.2) is 34.8 Å². The van der Waals surface area contributed by atoms with Gasteiger partial charge in [-0.2, -0.15) is 0 Å². The van der Waals surface area contributed by atoms with Crippen LogP contribution in [0.2, 0.25) is 0 Å². The number of rotatable bonds is 4. The van der Waals surface area contributed by atoms with E-state index in [-0.39, 0.29) is 17.9 Å². The third-order valence-electron chi connectivity index (χ3n) is 6.80. The summed E-state index contributed by atoms with van der Waals surface area (Å²) < 4.78 is 5.42. The summed E-state index contributed by atoms with van der Waals surface area (Å²) in [6.45, 7) is 0.333. The van der Waals surface area contributed by atoms with Crippen molar-refractivity contribution in [2.75, 3.05) is 7.11 Å². The van der Waals surface area contributed by atoms with E-state index in [2.05, 4.69) is 16.4 Å². The zero-order valence-corrected chi connectivity index (χ0v) is 18.2. The largest absolute Gasteiger partial charge is 0.496 e. The average molecular weight is 437 g/mol. The Kier molecular flexibility index (Phi) is 4.47. The van der Waals surface area contributed by atoms with Crippen molar-refractivity contribution in [3.05, 3.63) is 101 Å². The molecule has 0 fully saturated rings. The predicted molar refractivity (Wildman–Crippen MR) is 125 cm³/mol. The summed E-state index contributed by atoms with van der Waals surface area (Å²) in [5, 5.41) is 4.15. The molecule has 6 nitrogen and oxygen atoms in total. The second kappa shape index (κ2) is 7.52. The highest BCUT2D eigenvalue weighted by Gasteiger charge is 2.48. The molecule has 2 aliphatic rings. The number of fused-ring (bicyclic) bond motifs is 7. The molecule has 2 amide bonds. The molecule has 33 heavy (non-hydrogen) atoms. The molecule has 6 rings (SSSR count). The molecule has 0 saturated carbocycles. The van der Waals surface area contributed by atoms with Gasteiger partial charge in [0.25, 0.3) is 5.91 Å². The highest BCUT2D eigenvalue weighted by molar-refractivity contribution is 6.03. The Morgan fingerprint density at radius 1 is 1.06 bits per heavy atom. The first-order valence-corrected chi connectivity index (χ1v) is 11.1. The number of aromatic nitrogens is 1. The number of nitrogens with zero attached hydrogens (tertiary/aromatic N) is 1. The first-order valence-electron chi connectivity index (χ1n) is 11.1. The third kappa shape index (κ3) is 2.94. The van der Waals surface area contributed by atoms with Crippen molar-refractivity contribution in [3.8, 4) is 5.75 Å². The van der Waals surface area contributed by atoms with Gasteiger partial charge in [0.05, 0.1) is 13.2 Å². The summed E-state index contributed by atoms with van der Waals surface area (Å²) in [6, 6.07) is 22.5. The number of ether oxygens (including phenoxy) is 1. The summed E-state index contributed by atoms with van der Waals surface area (Å²) in [7, 11) is 1.62. The van der Waals surface area contributed by atoms with Crippen LogP contribution < -0.4 is 10.1 Å². The van der Waals surface area contributed by atoms with Gasteiger partial charge >= 0.3 is 0 Å². The molecule has 0 aliphatic carbocycles. The molecule has 2 N–H and O–H groups in total. The second-order valence-corrected chi connectivity index (χ2v) is 8.51. The fourth-order valence-corrected chi connectivity index (χ4v) is 5.29. The number of para-hydroxylation sites is 2. The van der Waals surface area contributed by atoms with Gasteiger partial charge in [-0.15, -0.1) is 0 Å². The van der Waals surface area contributed by atoms with Crippen LogP contribution in [0, 0.1) is 0 Å². The van der Waals surface area contributed by atoms with Gasteiger partial charge in [-0.1, -0.05) is 54.6 Å². The van der Waals surface area contributed by atoms with Gasteiger partial charge < -0.3 is 19.9 Å². The van der Waals surface area contributed by atoms with Gasteiger partial charge in [-0.3, -0.25) is 9.59 Å². The molecule has 4 aromatic rings. The normalized spacial score (nSPS) is 18.6. The highest BCUT2D eigenvalue weighted by atomic mass is 16.5. The van der Waals surface area contributed by atoms with E-state index in [1.54, 1.807) is 12.0 Å². The minimum atomic E-state index is -0.601. The van der Waals surface area contributed by atoms with E-state index in [4.69, 9.17) is 4.74 Å². The average Bonchev–Trinajstić information content (AvgIpc) is 3.38. The molecule has 2 unspecified atom stereocenters. The predicted octanol–water partition coefficient (Wildman–Crippen LogP) is 3.96. The second-order valence-electron chi connectivity index (χ2n) is 8.51. The van der Waals surface area contributed by atoms with Crippen LogP contribution >= 0.6 is 0 Å². The molecule has 0 bridgehead atoms. The van der Waals surface area contributed by atoms with E-state index in [1.165, 1.54) is 0 Å². The molecular formula is C27H23N3O3. The molecule has 164 valence electrons. The zero-order valence-electron chi connectivity index (χ0n) is 18.2. The van der Waals surface area contributed by atoms with E-state index >= 15 is 0 Å². The van der Waals surface area contributed by atoms with E-state index in [0.717, 1.165) is 39.0 Å².